The number of allylic oxidation sites excluding steroid dienone is 10. The van der Waals surface area contributed by atoms with E-state index < -0.39 is 0 Å². The second-order valence-electron chi connectivity index (χ2n) is 5.80. The van der Waals surface area contributed by atoms with E-state index in [0.717, 1.165) is 12.8 Å². The molecule has 0 heteroatoms. The van der Waals surface area contributed by atoms with Gasteiger partial charge in [-0.15, -0.1) is 0 Å². The summed E-state index contributed by atoms with van der Waals surface area (Å²) in [7, 11) is 0. The zero-order chi connectivity index (χ0) is 13.9. The number of hydrogen-bond acceptors (Lipinski definition) is 0. The van der Waals surface area contributed by atoms with Crippen molar-refractivity contribution < 1.29 is 0 Å². The lowest BCUT2D eigenvalue weighted by Crippen LogP contribution is -1.79. The topological polar surface area (TPSA) is 0 Å². The molecule has 0 aromatic carbocycles. The van der Waals surface area contributed by atoms with Crippen LogP contribution < -0.4 is 0 Å². The van der Waals surface area contributed by atoms with Gasteiger partial charge in [-0.25, -0.2) is 0 Å². The molecule has 108 valence electrons. The molecule has 0 unspecified atom stereocenters. The van der Waals surface area contributed by atoms with E-state index in [1.54, 1.807) is 11.1 Å². The third-order valence-corrected chi connectivity index (χ3v) is 4.04. The van der Waals surface area contributed by atoms with Gasteiger partial charge in [0.05, 0.1) is 0 Å². The Balaban J connectivity index is 1.38. The predicted molar refractivity (Wildman–Crippen MR) is 89.8 cm³/mol. The van der Waals surface area contributed by atoms with Gasteiger partial charge in [0.2, 0.25) is 0 Å². The van der Waals surface area contributed by atoms with Crippen molar-refractivity contribution in [1.29, 1.82) is 0 Å². The van der Waals surface area contributed by atoms with Crippen LogP contribution in [0.1, 0.15) is 64.2 Å². The van der Waals surface area contributed by atoms with Gasteiger partial charge in [0, 0.05) is 0 Å². The van der Waals surface area contributed by atoms with Crippen molar-refractivity contribution in [1.82, 2.24) is 0 Å². The Morgan fingerprint density at radius 3 is 1.60 bits per heavy atom. The van der Waals surface area contributed by atoms with E-state index >= 15 is 0 Å². The van der Waals surface area contributed by atoms with Gasteiger partial charge >= 0.3 is 0 Å². The SMILES string of the molecule is C1=CC(CCCC/C=C\CCCCC2=CCC=C2)=CC1. The minimum atomic E-state index is 1.15. The lowest BCUT2D eigenvalue weighted by atomic mass is 10.1. The molecule has 0 aromatic heterocycles. The molecule has 0 heterocycles. The standard InChI is InChI=1S/C20H28/c1(3-5-7-13-19-15-9-10-16-19)2-4-6-8-14-20-17-11-12-18-20/h1-2,9,11,15-18H,3-8,10,12-14H2/b2-1-. The number of hydrogen-bond donors (Lipinski definition) is 0. The summed E-state index contributed by atoms with van der Waals surface area (Å²) >= 11 is 0. The van der Waals surface area contributed by atoms with Gasteiger partial charge in [0.15, 0.2) is 0 Å². The van der Waals surface area contributed by atoms with Crippen molar-refractivity contribution in [2.24, 2.45) is 0 Å². The number of unbranched alkanes of at least 4 members (excludes halogenated alkanes) is 4. The molecule has 0 spiro atoms. The highest BCUT2D eigenvalue weighted by Crippen LogP contribution is 2.17. The summed E-state index contributed by atoms with van der Waals surface area (Å²) in [6.45, 7) is 0. The van der Waals surface area contributed by atoms with Gasteiger partial charge in [-0.2, -0.15) is 0 Å². The first-order valence-electron chi connectivity index (χ1n) is 8.31. The summed E-state index contributed by atoms with van der Waals surface area (Å²) in [5.41, 5.74) is 3.09. The average Bonchev–Trinajstić information content (AvgIpc) is 3.14. The Kier molecular flexibility index (Phi) is 7.23. The normalized spacial score (nSPS) is 17.2. The van der Waals surface area contributed by atoms with Crippen LogP contribution in [0.3, 0.4) is 0 Å². The Bertz CT molecular complexity index is 375. The molecule has 0 aromatic rings. The molecule has 0 nitrogen and oxygen atoms in total. The number of rotatable bonds is 10. The van der Waals surface area contributed by atoms with E-state index in [2.05, 4.69) is 48.6 Å². The molecule has 0 radical (unpaired) electrons. The van der Waals surface area contributed by atoms with E-state index in [9.17, 15) is 0 Å². The van der Waals surface area contributed by atoms with Crippen LogP contribution in [0.25, 0.3) is 0 Å². The second-order valence-corrected chi connectivity index (χ2v) is 5.80. The smallest absolute Gasteiger partial charge is 0.0160 e. The molecule has 20 heavy (non-hydrogen) atoms. The highest BCUT2D eigenvalue weighted by Gasteiger charge is 1.97. The molecule has 0 N–H and O–H groups in total. The Morgan fingerprint density at radius 2 is 1.20 bits per heavy atom. The third kappa shape index (κ3) is 6.23. The monoisotopic (exact) mass is 268 g/mol. The van der Waals surface area contributed by atoms with E-state index in [0.29, 0.717) is 0 Å². The van der Waals surface area contributed by atoms with Crippen molar-refractivity contribution in [3.05, 3.63) is 59.8 Å². The van der Waals surface area contributed by atoms with E-state index in [4.69, 9.17) is 0 Å². The molecule has 0 fully saturated rings. The minimum Gasteiger partial charge on any atom is -0.0885 e. The maximum Gasteiger partial charge on any atom is -0.0160 e. The van der Waals surface area contributed by atoms with Crippen LogP contribution in [0.15, 0.2) is 59.8 Å². The molecule has 0 amide bonds. The zero-order valence-electron chi connectivity index (χ0n) is 12.7. The Hall–Kier alpha value is -1.30. The van der Waals surface area contributed by atoms with Crippen molar-refractivity contribution in [2.75, 3.05) is 0 Å². The van der Waals surface area contributed by atoms with Crippen LogP contribution >= 0.6 is 0 Å². The summed E-state index contributed by atoms with van der Waals surface area (Å²) in [4.78, 5) is 0. The summed E-state index contributed by atoms with van der Waals surface area (Å²) in [5.74, 6) is 0. The molecule has 0 aliphatic heterocycles. The molecule has 2 aliphatic rings. The molecular formula is C20H28. The van der Waals surface area contributed by atoms with Gasteiger partial charge in [-0.3, -0.25) is 0 Å². The third-order valence-electron chi connectivity index (χ3n) is 4.04. The highest BCUT2D eigenvalue weighted by atomic mass is 14.0. The van der Waals surface area contributed by atoms with Gasteiger partial charge in [0.25, 0.3) is 0 Å². The van der Waals surface area contributed by atoms with Gasteiger partial charge in [0.1, 0.15) is 0 Å². The van der Waals surface area contributed by atoms with Crippen LogP contribution in [0, 0.1) is 0 Å². The van der Waals surface area contributed by atoms with Gasteiger partial charge in [-0.1, -0.05) is 59.8 Å². The quantitative estimate of drug-likeness (QED) is 0.316. The maximum absolute atomic E-state index is 2.38. The van der Waals surface area contributed by atoms with Crippen LogP contribution in [-0.2, 0) is 0 Å². The fourth-order valence-corrected chi connectivity index (χ4v) is 2.80. The van der Waals surface area contributed by atoms with Gasteiger partial charge < -0.3 is 0 Å². The van der Waals surface area contributed by atoms with Gasteiger partial charge in [-0.05, 0) is 64.2 Å². The zero-order valence-corrected chi connectivity index (χ0v) is 12.7. The first-order chi connectivity index (χ1) is 9.95. The molecule has 0 saturated heterocycles. The first-order valence-corrected chi connectivity index (χ1v) is 8.31. The van der Waals surface area contributed by atoms with E-state index in [1.807, 2.05) is 0 Å². The largest absolute Gasteiger partial charge is 0.0885 e. The minimum absolute atomic E-state index is 1.15. The highest BCUT2D eigenvalue weighted by molar-refractivity contribution is 5.26. The summed E-state index contributed by atoms with van der Waals surface area (Å²) in [6, 6.07) is 0. The van der Waals surface area contributed by atoms with Crippen LogP contribution in [0.5, 0.6) is 0 Å². The summed E-state index contributed by atoms with van der Waals surface area (Å²) in [6.07, 6.45) is 31.2. The van der Waals surface area contributed by atoms with Crippen molar-refractivity contribution >= 4 is 0 Å². The molecule has 0 atom stereocenters. The fraction of sp³-hybridized carbons (Fsp3) is 0.500. The van der Waals surface area contributed by atoms with Crippen LogP contribution in [0.2, 0.25) is 0 Å². The van der Waals surface area contributed by atoms with Crippen LogP contribution in [0.4, 0.5) is 0 Å². The second kappa shape index (κ2) is 9.58. The molecule has 0 bridgehead atoms. The van der Waals surface area contributed by atoms with Crippen molar-refractivity contribution in [2.45, 2.75) is 64.2 Å². The average molecular weight is 268 g/mol. The lowest BCUT2D eigenvalue weighted by Gasteiger charge is -1.99. The lowest BCUT2D eigenvalue weighted by molar-refractivity contribution is 0.734. The Labute approximate surface area is 124 Å². The maximum atomic E-state index is 2.38. The molecule has 0 saturated carbocycles. The Morgan fingerprint density at radius 1 is 0.700 bits per heavy atom. The fourth-order valence-electron chi connectivity index (χ4n) is 2.80. The van der Waals surface area contributed by atoms with E-state index in [-0.39, 0.29) is 0 Å². The van der Waals surface area contributed by atoms with Crippen LogP contribution in [-0.4, -0.2) is 0 Å². The van der Waals surface area contributed by atoms with Crippen molar-refractivity contribution in [3.63, 3.8) is 0 Å². The van der Waals surface area contributed by atoms with Crippen molar-refractivity contribution in [3.8, 4) is 0 Å². The first kappa shape index (κ1) is 15.1. The van der Waals surface area contributed by atoms with E-state index in [1.165, 1.54) is 51.4 Å². The molecule has 2 rings (SSSR count). The molecular weight excluding hydrogens is 240 g/mol. The summed E-state index contributed by atoms with van der Waals surface area (Å²) < 4.78 is 0. The molecule has 2 aliphatic carbocycles. The predicted octanol–water partition coefficient (Wildman–Crippen LogP) is 6.44. The summed E-state index contributed by atoms with van der Waals surface area (Å²) in [5, 5.41) is 0.